The molecule has 0 bridgehead atoms. The van der Waals surface area contributed by atoms with Crippen molar-refractivity contribution in [1.29, 1.82) is 5.26 Å². The van der Waals surface area contributed by atoms with Crippen LogP contribution in [0.15, 0.2) is 48.5 Å². The summed E-state index contributed by atoms with van der Waals surface area (Å²) in [5, 5.41) is 11.8. The molecule has 116 valence electrons. The second-order valence-electron chi connectivity index (χ2n) is 5.69. The van der Waals surface area contributed by atoms with Crippen LogP contribution in [0.4, 0.5) is 0 Å². The standard InChI is InChI=1S/C19H18N2O2/c1-13(23-16-9-6-14(12-20)7-10-16)19(22)21-18-11-8-15-4-2-3-5-17(15)18/h2-7,9-10,13,18H,8,11H2,1H3,(H,21,22)/t13-,18-/m1/s1. The quantitative estimate of drug-likeness (QED) is 0.944. The Morgan fingerprint density at radius 3 is 2.74 bits per heavy atom. The predicted octanol–water partition coefficient (Wildman–Crippen LogP) is 3.13. The molecule has 1 N–H and O–H groups in total. The van der Waals surface area contributed by atoms with Crippen LogP contribution in [0.5, 0.6) is 5.75 Å². The Hall–Kier alpha value is -2.80. The maximum absolute atomic E-state index is 12.3. The molecule has 0 aliphatic heterocycles. The van der Waals surface area contributed by atoms with Gasteiger partial charge in [-0.1, -0.05) is 24.3 Å². The number of nitrogens with zero attached hydrogens (tertiary/aromatic N) is 1. The van der Waals surface area contributed by atoms with E-state index < -0.39 is 6.10 Å². The summed E-state index contributed by atoms with van der Waals surface area (Å²) in [4.78, 5) is 12.3. The van der Waals surface area contributed by atoms with Gasteiger partial charge in [-0.25, -0.2) is 0 Å². The van der Waals surface area contributed by atoms with Crippen molar-refractivity contribution in [3.63, 3.8) is 0 Å². The van der Waals surface area contributed by atoms with Gasteiger partial charge < -0.3 is 10.1 Å². The molecule has 1 amide bonds. The first kappa shape index (κ1) is 15.1. The minimum Gasteiger partial charge on any atom is -0.481 e. The number of aryl methyl sites for hydroxylation is 1. The molecular formula is C19H18N2O2. The van der Waals surface area contributed by atoms with Crippen LogP contribution in [0.25, 0.3) is 0 Å². The molecule has 23 heavy (non-hydrogen) atoms. The number of fused-ring (bicyclic) bond motifs is 1. The van der Waals surface area contributed by atoms with Gasteiger partial charge >= 0.3 is 0 Å². The lowest BCUT2D eigenvalue weighted by Gasteiger charge is -2.19. The molecule has 0 spiro atoms. The Kier molecular flexibility index (Phi) is 4.29. The van der Waals surface area contributed by atoms with Gasteiger partial charge in [0.15, 0.2) is 6.10 Å². The van der Waals surface area contributed by atoms with E-state index in [0.29, 0.717) is 11.3 Å². The summed E-state index contributed by atoms with van der Waals surface area (Å²) in [5.74, 6) is 0.453. The van der Waals surface area contributed by atoms with Crippen molar-refractivity contribution in [3.05, 3.63) is 65.2 Å². The Labute approximate surface area is 135 Å². The van der Waals surface area contributed by atoms with Crippen LogP contribution in [-0.4, -0.2) is 12.0 Å². The minimum atomic E-state index is -0.587. The monoisotopic (exact) mass is 306 g/mol. The fourth-order valence-electron chi connectivity index (χ4n) is 2.86. The molecule has 4 heteroatoms. The molecule has 2 atom stereocenters. The second kappa shape index (κ2) is 6.53. The van der Waals surface area contributed by atoms with Gasteiger partial charge in [-0.3, -0.25) is 4.79 Å². The van der Waals surface area contributed by atoms with Crippen molar-refractivity contribution in [1.82, 2.24) is 5.32 Å². The lowest BCUT2D eigenvalue weighted by molar-refractivity contribution is -0.128. The van der Waals surface area contributed by atoms with Crippen LogP contribution in [0.2, 0.25) is 0 Å². The average molecular weight is 306 g/mol. The van der Waals surface area contributed by atoms with Crippen LogP contribution < -0.4 is 10.1 Å². The maximum Gasteiger partial charge on any atom is 0.261 e. The van der Waals surface area contributed by atoms with Gasteiger partial charge in [0.1, 0.15) is 5.75 Å². The van der Waals surface area contributed by atoms with E-state index in [4.69, 9.17) is 10.00 Å². The van der Waals surface area contributed by atoms with E-state index in [9.17, 15) is 4.79 Å². The first-order valence-corrected chi connectivity index (χ1v) is 7.72. The second-order valence-corrected chi connectivity index (χ2v) is 5.69. The molecule has 0 aromatic heterocycles. The topological polar surface area (TPSA) is 62.1 Å². The summed E-state index contributed by atoms with van der Waals surface area (Å²) in [5.41, 5.74) is 3.07. The number of amides is 1. The first-order chi connectivity index (χ1) is 11.2. The van der Waals surface area contributed by atoms with E-state index in [2.05, 4.69) is 23.5 Å². The summed E-state index contributed by atoms with van der Waals surface area (Å²) in [6.45, 7) is 1.73. The van der Waals surface area contributed by atoms with Crippen molar-refractivity contribution < 1.29 is 9.53 Å². The fraction of sp³-hybridized carbons (Fsp3) is 0.263. The van der Waals surface area contributed by atoms with E-state index in [-0.39, 0.29) is 11.9 Å². The van der Waals surface area contributed by atoms with Crippen molar-refractivity contribution in [2.24, 2.45) is 0 Å². The van der Waals surface area contributed by atoms with Gasteiger partial charge in [0.05, 0.1) is 17.7 Å². The lowest BCUT2D eigenvalue weighted by atomic mass is 10.1. The molecule has 3 rings (SSSR count). The molecule has 4 nitrogen and oxygen atoms in total. The molecule has 0 saturated heterocycles. The molecule has 0 fully saturated rings. The SMILES string of the molecule is C[C@@H](Oc1ccc(C#N)cc1)C(=O)N[C@@H]1CCc2ccccc21. The Bertz CT molecular complexity index is 747. The normalized spacial score (nSPS) is 17.0. The highest BCUT2D eigenvalue weighted by atomic mass is 16.5. The van der Waals surface area contributed by atoms with Gasteiger partial charge in [0, 0.05) is 0 Å². The van der Waals surface area contributed by atoms with Gasteiger partial charge in [0.25, 0.3) is 5.91 Å². The average Bonchev–Trinajstić information content (AvgIpc) is 2.98. The molecule has 0 heterocycles. The predicted molar refractivity (Wildman–Crippen MR) is 86.9 cm³/mol. The maximum atomic E-state index is 12.3. The number of hydrogen-bond donors (Lipinski definition) is 1. The Morgan fingerprint density at radius 1 is 1.26 bits per heavy atom. The number of carbonyl (C=O) groups is 1. The van der Waals surface area contributed by atoms with Crippen LogP contribution in [0, 0.1) is 11.3 Å². The minimum absolute atomic E-state index is 0.0608. The molecular weight excluding hydrogens is 288 g/mol. The summed E-state index contributed by atoms with van der Waals surface area (Å²) in [6, 6.07) is 17.1. The summed E-state index contributed by atoms with van der Waals surface area (Å²) < 4.78 is 5.65. The third-order valence-electron chi connectivity index (χ3n) is 4.11. The Balaban J connectivity index is 1.61. The molecule has 2 aromatic rings. The molecule has 1 aliphatic carbocycles. The number of nitriles is 1. The molecule has 0 saturated carbocycles. The van der Waals surface area contributed by atoms with Gasteiger partial charge in [0.2, 0.25) is 0 Å². The van der Waals surface area contributed by atoms with Crippen LogP contribution in [-0.2, 0) is 11.2 Å². The van der Waals surface area contributed by atoms with Gasteiger partial charge in [-0.15, -0.1) is 0 Å². The molecule has 0 unspecified atom stereocenters. The zero-order chi connectivity index (χ0) is 16.2. The van der Waals surface area contributed by atoms with E-state index in [1.165, 1.54) is 11.1 Å². The third kappa shape index (κ3) is 3.35. The highest BCUT2D eigenvalue weighted by Gasteiger charge is 2.25. The molecule has 2 aromatic carbocycles. The number of nitrogens with one attached hydrogen (secondary N) is 1. The lowest BCUT2D eigenvalue weighted by Crippen LogP contribution is -2.38. The number of ether oxygens (including phenoxy) is 1. The summed E-state index contributed by atoms with van der Waals surface area (Å²) >= 11 is 0. The summed E-state index contributed by atoms with van der Waals surface area (Å²) in [7, 11) is 0. The highest BCUT2D eigenvalue weighted by molar-refractivity contribution is 5.81. The van der Waals surface area contributed by atoms with Gasteiger partial charge in [-0.05, 0) is 55.2 Å². The van der Waals surface area contributed by atoms with Crippen molar-refractivity contribution >= 4 is 5.91 Å². The zero-order valence-electron chi connectivity index (χ0n) is 13.0. The summed E-state index contributed by atoms with van der Waals surface area (Å²) in [6.07, 6.45) is 1.33. The largest absolute Gasteiger partial charge is 0.481 e. The van der Waals surface area contributed by atoms with Crippen molar-refractivity contribution in [2.45, 2.75) is 31.9 Å². The first-order valence-electron chi connectivity index (χ1n) is 7.72. The highest BCUT2D eigenvalue weighted by Crippen LogP contribution is 2.30. The fourth-order valence-corrected chi connectivity index (χ4v) is 2.86. The van der Waals surface area contributed by atoms with Crippen LogP contribution in [0.3, 0.4) is 0 Å². The number of benzene rings is 2. The third-order valence-corrected chi connectivity index (χ3v) is 4.11. The van der Waals surface area contributed by atoms with E-state index in [0.717, 1.165) is 12.8 Å². The zero-order valence-corrected chi connectivity index (χ0v) is 13.0. The number of carbonyl (C=O) groups excluding carboxylic acids is 1. The van der Waals surface area contributed by atoms with Gasteiger partial charge in [-0.2, -0.15) is 5.26 Å². The van der Waals surface area contributed by atoms with E-state index >= 15 is 0 Å². The molecule has 1 aliphatic rings. The smallest absolute Gasteiger partial charge is 0.261 e. The molecule has 0 radical (unpaired) electrons. The van der Waals surface area contributed by atoms with Crippen LogP contribution >= 0.6 is 0 Å². The number of hydrogen-bond acceptors (Lipinski definition) is 3. The van der Waals surface area contributed by atoms with Crippen molar-refractivity contribution in [2.75, 3.05) is 0 Å². The number of rotatable bonds is 4. The van der Waals surface area contributed by atoms with E-state index in [1.54, 1.807) is 31.2 Å². The Morgan fingerprint density at radius 2 is 2.00 bits per heavy atom. The van der Waals surface area contributed by atoms with E-state index in [1.807, 2.05) is 12.1 Å². The van der Waals surface area contributed by atoms with Crippen molar-refractivity contribution in [3.8, 4) is 11.8 Å². The van der Waals surface area contributed by atoms with Crippen LogP contribution in [0.1, 0.15) is 36.1 Å².